The molecule has 0 aliphatic carbocycles. The van der Waals surface area contributed by atoms with Crippen molar-refractivity contribution < 1.29 is 19.4 Å². The number of fused-ring (bicyclic) bond motifs is 1. The average molecular weight is 304 g/mol. The number of carboxylic acid groups (broad SMARTS) is 1. The lowest BCUT2D eigenvalue weighted by Gasteiger charge is -2.31. The van der Waals surface area contributed by atoms with Gasteiger partial charge in [0, 0.05) is 19.3 Å². The molecule has 8 heteroatoms. The number of carbonyl (C=O) groups is 2. The number of morpholine rings is 1. The molecule has 3 heterocycles. The van der Waals surface area contributed by atoms with E-state index in [4.69, 9.17) is 9.84 Å². The van der Waals surface area contributed by atoms with Crippen LogP contribution in [-0.4, -0.2) is 62.4 Å². The fourth-order valence-electron chi connectivity index (χ4n) is 2.57. The molecule has 1 fully saturated rings. The van der Waals surface area contributed by atoms with E-state index in [1.807, 2.05) is 6.92 Å². The minimum Gasteiger partial charge on any atom is -0.479 e. The van der Waals surface area contributed by atoms with Crippen LogP contribution in [0.25, 0.3) is 11.0 Å². The van der Waals surface area contributed by atoms with Gasteiger partial charge in [0.2, 0.25) is 0 Å². The van der Waals surface area contributed by atoms with Gasteiger partial charge in [0.15, 0.2) is 11.8 Å². The number of aliphatic carboxylic acids is 1. The van der Waals surface area contributed by atoms with Crippen molar-refractivity contribution >= 4 is 22.9 Å². The summed E-state index contributed by atoms with van der Waals surface area (Å²) >= 11 is 0. The van der Waals surface area contributed by atoms with Crippen LogP contribution < -0.4 is 0 Å². The van der Waals surface area contributed by atoms with Gasteiger partial charge in [-0.15, -0.1) is 0 Å². The maximum Gasteiger partial charge on any atom is 0.334 e. The van der Waals surface area contributed by atoms with Crippen molar-refractivity contribution in [3.8, 4) is 0 Å². The Morgan fingerprint density at radius 1 is 1.45 bits per heavy atom. The van der Waals surface area contributed by atoms with Gasteiger partial charge in [0.25, 0.3) is 5.91 Å². The monoisotopic (exact) mass is 304 g/mol. The molecule has 1 amide bonds. The maximum atomic E-state index is 12.8. The minimum absolute atomic E-state index is 0.0390. The summed E-state index contributed by atoms with van der Waals surface area (Å²) in [5.41, 5.74) is 1.83. The van der Waals surface area contributed by atoms with E-state index in [0.717, 1.165) is 0 Å². The molecule has 0 radical (unpaired) electrons. The molecule has 1 atom stereocenters. The van der Waals surface area contributed by atoms with Crippen LogP contribution in [0.1, 0.15) is 16.1 Å². The van der Waals surface area contributed by atoms with Crippen molar-refractivity contribution in [2.75, 3.05) is 19.7 Å². The molecule has 0 saturated carbocycles. The van der Waals surface area contributed by atoms with Crippen LogP contribution in [0, 0.1) is 6.92 Å². The first-order valence-corrected chi connectivity index (χ1v) is 6.90. The summed E-state index contributed by atoms with van der Waals surface area (Å²) in [6.07, 6.45) is 0.620. The largest absolute Gasteiger partial charge is 0.479 e. The first kappa shape index (κ1) is 14.5. The summed E-state index contributed by atoms with van der Waals surface area (Å²) in [5.74, 6) is -1.28. The zero-order valence-electron chi connectivity index (χ0n) is 12.3. The van der Waals surface area contributed by atoms with Crippen LogP contribution in [0.15, 0.2) is 12.3 Å². The van der Waals surface area contributed by atoms with Gasteiger partial charge in [0.05, 0.1) is 30.3 Å². The second-order valence-electron chi connectivity index (χ2n) is 5.27. The van der Waals surface area contributed by atoms with E-state index in [-0.39, 0.29) is 19.1 Å². The van der Waals surface area contributed by atoms with E-state index in [1.165, 1.54) is 4.90 Å². The lowest BCUT2D eigenvalue weighted by Crippen LogP contribution is -2.48. The van der Waals surface area contributed by atoms with Gasteiger partial charge in [-0.25, -0.2) is 9.78 Å². The zero-order chi connectivity index (χ0) is 15.9. The lowest BCUT2D eigenvalue weighted by molar-refractivity contribution is -0.154. The molecular weight excluding hydrogens is 288 g/mol. The molecule has 0 aromatic carbocycles. The predicted molar refractivity (Wildman–Crippen MR) is 76.5 cm³/mol. The Labute approximate surface area is 126 Å². The van der Waals surface area contributed by atoms with E-state index in [2.05, 4.69) is 10.1 Å². The SMILES string of the molecule is Cc1cc(C(=O)N2CCO[C@H](C(=O)O)C2)c2cnn(C)c2n1. The minimum atomic E-state index is -1.06. The second-order valence-corrected chi connectivity index (χ2v) is 5.27. The van der Waals surface area contributed by atoms with Gasteiger partial charge < -0.3 is 14.7 Å². The summed E-state index contributed by atoms with van der Waals surface area (Å²) < 4.78 is 6.76. The van der Waals surface area contributed by atoms with E-state index in [0.29, 0.717) is 28.8 Å². The van der Waals surface area contributed by atoms with Crippen molar-refractivity contribution in [1.82, 2.24) is 19.7 Å². The van der Waals surface area contributed by atoms with Gasteiger partial charge in [-0.3, -0.25) is 9.48 Å². The third-order valence-corrected chi connectivity index (χ3v) is 3.69. The van der Waals surface area contributed by atoms with Crippen molar-refractivity contribution in [1.29, 1.82) is 0 Å². The molecule has 116 valence electrons. The molecule has 3 rings (SSSR count). The van der Waals surface area contributed by atoms with Crippen LogP contribution >= 0.6 is 0 Å². The number of hydrogen-bond acceptors (Lipinski definition) is 5. The van der Waals surface area contributed by atoms with Gasteiger partial charge in [-0.2, -0.15) is 5.10 Å². The Balaban J connectivity index is 1.97. The molecule has 22 heavy (non-hydrogen) atoms. The molecule has 1 N–H and O–H groups in total. The topological polar surface area (TPSA) is 97.5 Å². The highest BCUT2D eigenvalue weighted by atomic mass is 16.5. The molecule has 1 aliphatic heterocycles. The van der Waals surface area contributed by atoms with Crippen molar-refractivity contribution in [2.45, 2.75) is 13.0 Å². The third-order valence-electron chi connectivity index (χ3n) is 3.69. The Morgan fingerprint density at radius 2 is 2.23 bits per heavy atom. The number of pyridine rings is 1. The van der Waals surface area contributed by atoms with Crippen molar-refractivity contribution in [3.05, 3.63) is 23.5 Å². The van der Waals surface area contributed by atoms with Crippen molar-refractivity contribution in [2.24, 2.45) is 7.05 Å². The summed E-state index contributed by atoms with van der Waals surface area (Å²) in [6.45, 7) is 2.43. The van der Waals surface area contributed by atoms with Crippen LogP contribution in [0.2, 0.25) is 0 Å². The summed E-state index contributed by atoms with van der Waals surface area (Å²) in [6, 6.07) is 1.71. The molecular formula is C14H16N4O4. The Hall–Kier alpha value is -2.48. The first-order chi connectivity index (χ1) is 10.5. The number of aryl methyl sites for hydroxylation is 2. The number of ether oxygens (including phenoxy) is 1. The maximum absolute atomic E-state index is 12.8. The van der Waals surface area contributed by atoms with Gasteiger partial charge in [-0.05, 0) is 13.0 Å². The summed E-state index contributed by atoms with van der Waals surface area (Å²) in [4.78, 5) is 29.7. The Morgan fingerprint density at radius 3 is 2.95 bits per heavy atom. The van der Waals surface area contributed by atoms with Gasteiger partial charge in [0.1, 0.15) is 0 Å². The van der Waals surface area contributed by atoms with E-state index >= 15 is 0 Å². The predicted octanol–water partition coefficient (Wildman–Crippen LogP) is 0.202. The molecule has 0 unspecified atom stereocenters. The summed E-state index contributed by atoms with van der Waals surface area (Å²) in [5, 5.41) is 13.8. The van der Waals surface area contributed by atoms with Crippen molar-refractivity contribution in [3.63, 3.8) is 0 Å². The highest BCUT2D eigenvalue weighted by Gasteiger charge is 2.30. The number of carboxylic acids is 1. The fourth-order valence-corrected chi connectivity index (χ4v) is 2.57. The van der Waals surface area contributed by atoms with E-state index in [9.17, 15) is 9.59 Å². The molecule has 2 aromatic heterocycles. The molecule has 2 aromatic rings. The highest BCUT2D eigenvalue weighted by molar-refractivity contribution is 6.05. The van der Waals surface area contributed by atoms with Crippen LogP contribution in [0.5, 0.6) is 0 Å². The van der Waals surface area contributed by atoms with Crippen LogP contribution in [-0.2, 0) is 16.6 Å². The molecule has 1 aliphatic rings. The van der Waals surface area contributed by atoms with E-state index in [1.54, 1.807) is 24.0 Å². The number of aromatic nitrogens is 3. The number of carbonyl (C=O) groups excluding carboxylic acids is 1. The normalized spacial score (nSPS) is 18.6. The first-order valence-electron chi connectivity index (χ1n) is 6.90. The number of hydrogen-bond donors (Lipinski definition) is 1. The van der Waals surface area contributed by atoms with Crippen LogP contribution in [0.4, 0.5) is 0 Å². The molecule has 8 nitrogen and oxygen atoms in total. The molecule has 0 spiro atoms. The zero-order valence-corrected chi connectivity index (χ0v) is 12.3. The van der Waals surface area contributed by atoms with Gasteiger partial charge >= 0.3 is 5.97 Å². The van der Waals surface area contributed by atoms with E-state index < -0.39 is 12.1 Å². The highest BCUT2D eigenvalue weighted by Crippen LogP contribution is 2.20. The smallest absolute Gasteiger partial charge is 0.334 e. The summed E-state index contributed by atoms with van der Waals surface area (Å²) in [7, 11) is 1.76. The molecule has 0 bridgehead atoms. The Bertz CT molecular complexity index is 755. The Kier molecular flexibility index (Phi) is 3.53. The number of nitrogens with zero attached hydrogens (tertiary/aromatic N) is 4. The standard InChI is InChI=1S/C14H16N4O4/c1-8-5-9(10-6-15-17(2)12(10)16-8)13(19)18-3-4-22-11(7-18)14(20)21/h5-6,11H,3-4,7H2,1-2H3,(H,20,21)/t11-/m0/s1. The fraction of sp³-hybridized carbons (Fsp3) is 0.429. The van der Waals surface area contributed by atoms with Gasteiger partial charge in [-0.1, -0.05) is 0 Å². The second kappa shape index (κ2) is 5.38. The number of amides is 1. The third kappa shape index (κ3) is 2.41. The molecule has 1 saturated heterocycles. The average Bonchev–Trinajstić information content (AvgIpc) is 2.87. The quantitative estimate of drug-likeness (QED) is 0.851. The van der Waals surface area contributed by atoms with Crippen LogP contribution in [0.3, 0.4) is 0 Å². The lowest BCUT2D eigenvalue weighted by atomic mass is 10.1. The number of rotatable bonds is 2.